The fraction of sp³-hybridized carbons (Fsp3) is 0.500. The van der Waals surface area contributed by atoms with E-state index in [1.54, 1.807) is 18.1 Å². The smallest absolute Gasteiger partial charge is 0.133 e. The number of hydrogen-bond acceptors (Lipinski definition) is 5. The molecule has 0 amide bonds. The first-order chi connectivity index (χ1) is 10.1. The Morgan fingerprint density at radius 3 is 2.81 bits per heavy atom. The minimum Gasteiger partial charge on any atom is -0.379 e. The van der Waals surface area contributed by atoms with Crippen LogP contribution >= 0.6 is 23.4 Å². The molecule has 0 radical (unpaired) electrons. The molecule has 2 aromatic rings. The molecule has 0 N–H and O–H groups in total. The SMILES string of the molecule is CCSc1cc(C2(Cc3nncn3C)COC2)cc(Cl)n1. The van der Waals surface area contributed by atoms with E-state index in [1.807, 2.05) is 17.7 Å². The predicted molar refractivity (Wildman–Crippen MR) is 82.8 cm³/mol. The monoisotopic (exact) mass is 324 g/mol. The van der Waals surface area contributed by atoms with Crippen LogP contribution in [0.1, 0.15) is 18.3 Å². The second-order valence-electron chi connectivity index (χ2n) is 5.26. The van der Waals surface area contributed by atoms with Crippen LogP contribution in [0.3, 0.4) is 0 Å². The molecule has 0 aromatic carbocycles. The van der Waals surface area contributed by atoms with Gasteiger partial charge in [-0.15, -0.1) is 22.0 Å². The normalized spacial score (nSPS) is 16.7. The lowest BCUT2D eigenvalue weighted by Crippen LogP contribution is -2.49. The van der Waals surface area contributed by atoms with E-state index in [1.165, 1.54) is 5.56 Å². The number of thioether (sulfide) groups is 1. The van der Waals surface area contributed by atoms with E-state index >= 15 is 0 Å². The van der Waals surface area contributed by atoms with Crippen LogP contribution in [-0.2, 0) is 23.6 Å². The number of ether oxygens (including phenoxy) is 1. The summed E-state index contributed by atoms with van der Waals surface area (Å²) in [6.07, 6.45) is 2.51. The largest absolute Gasteiger partial charge is 0.379 e. The highest BCUT2D eigenvalue weighted by Gasteiger charge is 2.42. The molecule has 0 atom stereocenters. The average Bonchev–Trinajstić information content (AvgIpc) is 2.79. The Kier molecular flexibility index (Phi) is 4.19. The average molecular weight is 325 g/mol. The van der Waals surface area contributed by atoms with Crippen LogP contribution in [0.25, 0.3) is 0 Å². The number of halogens is 1. The van der Waals surface area contributed by atoms with Crippen molar-refractivity contribution in [3.05, 3.63) is 35.0 Å². The van der Waals surface area contributed by atoms with Crippen molar-refractivity contribution in [1.82, 2.24) is 19.7 Å². The van der Waals surface area contributed by atoms with Crippen molar-refractivity contribution < 1.29 is 4.74 Å². The van der Waals surface area contributed by atoms with Crippen molar-refractivity contribution >= 4 is 23.4 Å². The summed E-state index contributed by atoms with van der Waals surface area (Å²) in [4.78, 5) is 4.36. The van der Waals surface area contributed by atoms with Crippen molar-refractivity contribution in [2.75, 3.05) is 19.0 Å². The van der Waals surface area contributed by atoms with E-state index in [0.29, 0.717) is 18.4 Å². The zero-order chi connectivity index (χ0) is 14.9. The standard InChI is InChI=1S/C14H17ClN4OS/c1-3-21-13-5-10(4-11(15)17-13)14(7-20-8-14)6-12-18-16-9-19(12)2/h4-5,9H,3,6-8H2,1-2H3. The highest BCUT2D eigenvalue weighted by molar-refractivity contribution is 7.99. The third kappa shape index (κ3) is 2.93. The molecule has 112 valence electrons. The highest BCUT2D eigenvalue weighted by Crippen LogP contribution is 2.37. The lowest BCUT2D eigenvalue weighted by Gasteiger charge is -2.41. The minimum absolute atomic E-state index is 0.0730. The third-order valence-electron chi connectivity index (χ3n) is 3.73. The fourth-order valence-electron chi connectivity index (χ4n) is 2.49. The molecule has 3 rings (SSSR count). The van der Waals surface area contributed by atoms with Crippen LogP contribution in [0.15, 0.2) is 23.5 Å². The number of rotatable bonds is 5. The summed E-state index contributed by atoms with van der Waals surface area (Å²) < 4.78 is 7.44. The molecule has 7 heteroatoms. The Hall–Kier alpha value is -1.11. The predicted octanol–water partition coefficient (Wildman–Crippen LogP) is 2.49. The van der Waals surface area contributed by atoms with Crippen LogP contribution < -0.4 is 0 Å². The van der Waals surface area contributed by atoms with Crippen molar-refractivity contribution in [2.24, 2.45) is 7.05 Å². The molecule has 1 aliphatic heterocycles. The summed E-state index contributed by atoms with van der Waals surface area (Å²) in [7, 11) is 1.96. The first-order valence-corrected chi connectivity index (χ1v) is 8.21. The van der Waals surface area contributed by atoms with Gasteiger partial charge in [0.05, 0.1) is 18.2 Å². The summed E-state index contributed by atoms with van der Waals surface area (Å²) >= 11 is 7.88. The first kappa shape index (κ1) is 14.8. The van der Waals surface area contributed by atoms with Gasteiger partial charge in [-0.2, -0.15) is 0 Å². The van der Waals surface area contributed by atoms with Crippen LogP contribution in [0.4, 0.5) is 0 Å². The first-order valence-electron chi connectivity index (χ1n) is 6.84. The Labute approximate surface area is 133 Å². The van der Waals surface area contributed by atoms with Crippen molar-refractivity contribution in [1.29, 1.82) is 0 Å². The number of pyridine rings is 1. The summed E-state index contributed by atoms with van der Waals surface area (Å²) in [6.45, 7) is 3.46. The minimum atomic E-state index is -0.0730. The van der Waals surface area contributed by atoms with E-state index < -0.39 is 0 Å². The second-order valence-corrected chi connectivity index (χ2v) is 6.93. The summed E-state index contributed by atoms with van der Waals surface area (Å²) in [5.74, 6) is 1.93. The van der Waals surface area contributed by atoms with Gasteiger partial charge in [-0.25, -0.2) is 4.98 Å². The van der Waals surface area contributed by atoms with Gasteiger partial charge in [-0.1, -0.05) is 18.5 Å². The zero-order valence-electron chi connectivity index (χ0n) is 12.0. The molecule has 1 aliphatic rings. The maximum atomic E-state index is 6.19. The topological polar surface area (TPSA) is 52.8 Å². The van der Waals surface area contributed by atoms with Gasteiger partial charge in [-0.05, 0) is 23.4 Å². The van der Waals surface area contributed by atoms with Gasteiger partial charge in [-0.3, -0.25) is 0 Å². The van der Waals surface area contributed by atoms with Crippen LogP contribution in [0.5, 0.6) is 0 Å². The molecular formula is C14H17ClN4OS. The van der Waals surface area contributed by atoms with Gasteiger partial charge < -0.3 is 9.30 Å². The van der Waals surface area contributed by atoms with Gasteiger partial charge >= 0.3 is 0 Å². The second kappa shape index (κ2) is 5.94. The number of aryl methyl sites for hydroxylation is 1. The number of hydrogen-bond donors (Lipinski definition) is 0. The molecule has 0 spiro atoms. The van der Waals surface area contributed by atoms with Crippen molar-refractivity contribution in [2.45, 2.75) is 23.8 Å². The van der Waals surface area contributed by atoms with E-state index in [2.05, 4.69) is 28.2 Å². The molecule has 3 heterocycles. The van der Waals surface area contributed by atoms with Gasteiger partial charge in [0.15, 0.2) is 0 Å². The molecule has 0 saturated carbocycles. The van der Waals surface area contributed by atoms with E-state index in [0.717, 1.165) is 23.0 Å². The molecule has 21 heavy (non-hydrogen) atoms. The number of aromatic nitrogens is 4. The highest BCUT2D eigenvalue weighted by atomic mass is 35.5. The molecule has 2 aromatic heterocycles. The van der Waals surface area contributed by atoms with Gasteiger partial charge in [0.2, 0.25) is 0 Å². The zero-order valence-corrected chi connectivity index (χ0v) is 13.6. The molecule has 0 unspecified atom stereocenters. The van der Waals surface area contributed by atoms with Crippen LogP contribution in [0, 0.1) is 0 Å². The Bertz CT molecular complexity index is 642. The van der Waals surface area contributed by atoms with Gasteiger partial charge in [0.1, 0.15) is 17.3 Å². The van der Waals surface area contributed by atoms with E-state index in [4.69, 9.17) is 16.3 Å². The maximum absolute atomic E-state index is 6.19. The third-order valence-corrected chi connectivity index (χ3v) is 4.72. The summed E-state index contributed by atoms with van der Waals surface area (Å²) in [6, 6.07) is 4.07. The summed E-state index contributed by atoms with van der Waals surface area (Å²) in [5, 5.41) is 9.64. The number of nitrogens with zero attached hydrogens (tertiary/aromatic N) is 4. The van der Waals surface area contributed by atoms with E-state index in [9.17, 15) is 0 Å². The maximum Gasteiger partial charge on any atom is 0.133 e. The Balaban J connectivity index is 1.94. The Morgan fingerprint density at radius 1 is 1.43 bits per heavy atom. The van der Waals surface area contributed by atoms with Crippen LogP contribution in [-0.4, -0.2) is 38.7 Å². The van der Waals surface area contributed by atoms with Crippen molar-refractivity contribution in [3.63, 3.8) is 0 Å². The molecule has 0 aliphatic carbocycles. The molecule has 1 fully saturated rings. The van der Waals surface area contributed by atoms with Crippen LogP contribution in [0.2, 0.25) is 5.15 Å². The van der Waals surface area contributed by atoms with E-state index in [-0.39, 0.29) is 5.41 Å². The lowest BCUT2D eigenvalue weighted by molar-refractivity contribution is -0.0612. The quantitative estimate of drug-likeness (QED) is 0.625. The molecule has 5 nitrogen and oxygen atoms in total. The molecular weight excluding hydrogens is 308 g/mol. The van der Waals surface area contributed by atoms with Gasteiger partial charge in [0.25, 0.3) is 0 Å². The lowest BCUT2D eigenvalue weighted by atomic mass is 9.76. The fourth-order valence-corrected chi connectivity index (χ4v) is 3.42. The molecule has 0 bridgehead atoms. The van der Waals surface area contributed by atoms with Gasteiger partial charge in [0, 0.05) is 18.9 Å². The van der Waals surface area contributed by atoms with Crippen molar-refractivity contribution in [3.8, 4) is 0 Å². The molecule has 1 saturated heterocycles. The Morgan fingerprint density at radius 2 is 2.24 bits per heavy atom. The summed E-state index contributed by atoms with van der Waals surface area (Å²) in [5.41, 5.74) is 1.10.